The molecule has 0 unspecified atom stereocenters. The summed E-state index contributed by atoms with van der Waals surface area (Å²) >= 11 is 0. The minimum atomic E-state index is -0.534. The highest BCUT2D eigenvalue weighted by Gasteiger charge is 2.20. The van der Waals surface area contributed by atoms with E-state index < -0.39 is 6.09 Å². The standard InChI is InChI=1S/C18H21N3O4/c1-23-15-8-12-6-7-21(11-13(12)9-16(15)24-2)14-4-5-17(19-10-14)20-18(22)25-3/h4-5,8-10H,6-7,11H2,1-3H3,(H,19,20,22). The van der Waals surface area contributed by atoms with Crippen molar-refractivity contribution in [3.8, 4) is 11.5 Å². The van der Waals surface area contributed by atoms with E-state index in [1.165, 1.54) is 18.2 Å². The van der Waals surface area contributed by atoms with Gasteiger partial charge < -0.3 is 19.1 Å². The topological polar surface area (TPSA) is 72.9 Å². The highest BCUT2D eigenvalue weighted by molar-refractivity contribution is 5.83. The highest BCUT2D eigenvalue weighted by Crippen LogP contribution is 2.34. The molecule has 2 heterocycles. The second-order valence-corrected chi connectivity index (χ2v) is 5.67. The van der Waals surface area contributed by atoms with Crippen molar-refractivity contribution in [3.05, 3.63) is 41.6 Å². The first-order valence-electron chi connectivity index (χ1n) is 7.94. The number of amides is 1. The van der Waals surface area contributed by atoms with E-state index in [9.17, 15) is 4.79 Å². The number of benzene rings is 1. The van der Waals surface area contributed by atoms with Crippen LogP contribution in [-0.2, 0) is 17.7 Å². The molecule has 0 saturated carbocycles. The Bertz CT molecular complexity index is 762. The Balaban J connectivity index is 1.77. The molecule has 1 aliphatic rings. The van der Waals surface area contributed by atoms with E-state index in [4.69, 9.17) is 9.47 Å². The number of carbonyl (C=O) groups is 1. The first-order chi connectivity index (χ1) is 12.1. The molecule has 132 valence electrons. The van der Waals surface area contributed by atoms with E-state index >= 15 is 0 Å². The Hall–Kier alpha value is -2.96. The molecule has 25 heavy (non-hydrogen) atoms. The van der Waals surface area contributed by atoms with Crippen molar-refractivity contribution in [2.45, 2.75) is 13.0 Å². The smallest absolute Gasteiger partial charge is 0.412 e. The second-order valence-electron chi connectivity index (χ2n) is 5.67. The van der Waals surface area contributed by atoms with E-state index in [1.807, 2.05) is 18.2 Å². The van der Waals surface area contributed by atoms with Crippen molar-refractivity contribution in [3.63, 3.8) is 0 Å². The molecule has 0 fully saturated rings. The van der Waals surface area contributed by atoms with Crippen LogP contribution in [0.1, 0.15) is 11.1 Å². The minimum Gasteiger partial charge on any atom is -0.493 e. The summed E-state index contributed by atoms with van der Waals surface area (Å²) < 4.78 is 15.3. The van der Waals surface area contributed by atoms with Gasteiger partial charge in [0.1, 0.15) is 5.82 Å². The highest BCUT2D eigenvalue weighted by atomic mass is 16.5. The summed E-state index contributed by atoms with van der Waals surface area (Å²) in [6, 6.07) is 7.77. The zero-order chi connectivity index (χ0) is 17.8. The van der Waals surface area contributed by atoms with Gasteiger partial charge in [-0.3, -0.25) is 5.32 Å². The minimum absolute atomic E-state index is 0.458. The Kier molecular flexibility index (Phi) is 4.92. The van der Waals surface area contributed by atoms with Crippen LogP contribution in [0.25, 0.3) is 0 Å². The summed E-state index contributed by atoms with van der Waals surface area (Å²) in [7, 11) is 4.61. The van der Waals surface area contributed by atoms with Crippen LogP contribution in [0.2, 0.25) is 0 Å². The van der Waals surface area contributed by atoms with Gasteiger partial charge >= 0.3 is 6.09 Å². The molecule has 0 aliphatic carbocycles. The van der Waals surface area contributed by atoms with Crippen LogP contribution in [-0.4, -0.2) is 39.0 Å². The fourth-order valence-electron chi connectivity index (χ4n) is 2.91. The number of ether oxygens (including phenoxy) is 3. The maximum atomic E-state index is 11.2. The number of anilines is 2. The quantitative estimate of drug-likeness (QED) is 0.920. The molecule has 1 aromatic heterocycles. The number of rotatable bonds is 4. The van der Waals surface area contributed by atoms with Crippen LogP contribution < -0.4 is 19.7 Å². The Labute approximate surface area is 146 Å². The SMILES string of the molecule is COC(=O)Nc1ccc(N2CCc3cc(OC)c(OC)cc3C2)cn1. The van der Waals surface area contributed by atoms with Gasteiger partial charge in [0.2, 0.25) is 0 Å². The van der Waals surface area contributed by atoms with Crippen LogP contribution >= 0.6 is 0 Å². The largest absolute Gasteiger partial charge is 0.493 e. The average molecular weight is 343 g/mol. The van der Waals surface area contributed by atoms with Gasteiger partial charge in [-0.1, -0.05) is 0 Å². The molecule has 0 saturated heterocycles. The lowest BCUT2D eigenvalue weighted by Crippen LogP contribution is -2.30. The van der Waals surface area contributed by atoms with Crippen LogP contribution in [0, 0.1) is 0 Å². The summed E-state index contributed by atoms with van der Waals surface area (Å²) in [6.07, 6.45) is 2.13. The Morgan fingerprint density at radius 1 is 1.12 bits per heavy atom. The third kappa shape index (κ3) is 3.60. The molecule has 7 nitrogen and oxygen atoms in total. The number of hydrogen-bond acceptors (Lipinski definition) is 6. The first kappa shape index (κ1) is 16.9. The molecular formula is C18H21N3O4. The summed E-state index contributed by atoms with van der Waals surface area (Å²) in [5.41, 5.74) is 3.47. The Morgan fingerprint density at radius 3 is 2.44 bits per heavy atom. The molecule has 2 aromatic rings. The van der Waals surface area contributed by atoms with E-state index in [1.54, 1.807) is 26.5 Å². The van der Waals surface area contributed by atoms with Gasteiger partial charge in [0.15, 0.2) is 11.5 Å². The molecule has 0 radical (unpaired) electrons. The second kappa shape index (κ2) is 7.29. The predicted molar refractivity (Wildman–Crippen MR) is 94.6 cm³/mol. The van der Waals surface area contributed by atoms with E-state index in [0.29, 0.717) is 5.82 Å². The summed E-state index contributed by atoms with van der Waals surface area (Å²) in [5.74, 6) is 1.95. The summed E-state index contributed by atoms with van der Waals surface area (Å²) in [6.45, 7) is 1.65. The number of hydrogen-bond donors (Lipinski definition) is 1. The van der Waals surface area contributed by atoms with Crippen molar-refractivity contribution < 1.29 is 19.0 Å². The number of methoxy groups -OCH3 is 3. The lowest BCUT2D eigenvalue weighted by Gasteiger charge is -2.31. The van der Waals surface area contributed by atoms with Crippen molar-refractivity contribution in [2.24, 2.45) is 0 Å². The molecule has 3 rings (SSSR count). The van der Waals surface area contributed by atoms with Crippen LogP contribution in [0.5, 0.6) is 11.5 Å². The van der Waals surface area contributed by atoms with Gasteiger partial charge in [0.05, 0.1) is 33.2 Å². The van der Waals surface area contributed by atoms with Gasteiger partial charge in [-0.2, -0.15) is 0 Å². The van der Waals surface area contributed by atoms with Gasteiger partial charge in [-0.05, 0) is 41.8 Å². The third-order valence-corrected chi connectivity index (χ3v) is 4.25. The zero-order valence-corrected chi connectivity index (χ0v) is 14.5. The van der Waals surface area contributed by atoms with Crippen molar-refractivity contribution in [2.75, 3.05) is 38.1 Å². The lowest BCUT2D eigenvalue weighted by molar-refractivity contribution is 0.187. The molecule has 1 N–H and O–H groups in total. The van der Waals surface area contributed by atoms with Gasteiger partial charge in [0, 0.05) is 13.1 Å². The van der Waals surface area contributed by atoms with Crippen molar-refractivity contribution in [1.82, 2.24) is 4.98 Å². The van der Waals surface area contributed by atoms with E-state index in [0.717, 1.165) is 36.7 Å². The number of aromatic nitrogens is 1. The summed E-state index contributed by atoms with van der Waals surface area (Å²) in [4.78, 5) is 17.7. The summed E-state index contributed by atoms with van der Waals surface area (Å²) in [5, 5.41) is 2.54. The molecule has 0 atom stereocenters. The van der Waals surface area contributed by atoms with Gasteiger partial charge in [-0.15, -0.1) is 0 Å². The lowest BCUT2D eigenvalue weighted by atomic mass is 9.98. The number of nitrogens with one attached hydrogen (secondary N) is 1. The number of nitrogens with zero attached hydrogens (tertiary/aromatic N) is 2. The van der Waals surface area contributed by atoms with Crippen LogP contribution in [0.3, 0.4) is 0 Å². The molecule has 1 amide bonds. The number of pyridine rings is 1. The normalized spacial score (nSPS) is 13.0. The molecular weight excluding hydrogens is 322 g/mol. The molecule has 1 aliphatic heterocycles. The zero-order valence-electron chi connectivity index (χ0n) is 14.5. The predicted octanol–water partition coefficient (Wildman–Crippen LogP) is 2.84. The fourth-order valence-corrected chi connectivity index (χ4v) is 2.91. The third-order valence-electron chi connectivity index (χ3n) is 4.25. The molecule has 7 heteroatoms. The van der Waals surface area contributed by atoms with E-state index in [-0.39, 0.29) is 0 Å². The van der Waals surface area contributed by atoms with Crippen LogP contribution in [0.15, 0.2) is 30.5 Å². The van der Waals surface area contributed by atoms with Gasteiger partial charge in [0.25, 0.3) is 0 Å². The number of carbonyl (C=O) groups excluding carboxylic acids is 1. The Morgan fingerprint density at radius 2 is 1.84 bits per heavy atom. The van der Waals surface area contributed by atoms with Crippen molar-refractivity contribution >= 4 is 17.6 Å². The van der Waals surface area contributed by atoms with Crippen molar-refractivity contribution in [1.29, 1.82) is 0 Å². The van der Waals surface area contributed by atoms with E-state index in [2.05, 4.69) is 19.9 Å². The molecule has 1 aromatic carbocycles. The first-order valence-corrected chi connectivity index (χ1v) is 7.94. The monoisotopic (exact) mass is 343 g/mol. The maximum Gasteiger partial charge on any atom is 0.412 e. The average Bonchev–Trinajstić information content (AvgIpc) is 2.66. The van der Waals surface area contributed by atoms with Gasteiger partial charge in [-0.25, -0.2) is 9.78 Å². The maximum absolute atomic E-state index is 11.2. The molecule has 0 spiro atoms. The number of fused-ring (bicyclic) bond motifs is 1. The fraction of sp³-hybridized carbons (Fsp3) is 0.333. The van der Waals surface area contributed by atoms with Crippen LogP contribution in [0.4, 0.5) is 16.3 Å². The molecule has 0 bridgehead atoms.